The highest BCUT2D eigenvalue weighted by molar-refractivity contribution is 6.03. The minimum absolute atomic E-state index is 0.0154. The van der Waals surface area contributed by atoms with Gasteiger partial charge in [-0.1, -0.05) is 25.1 Å². The number of aryl methyl sites for hydroxylation is 2. The largest absolute Gasteiger partial charge is 0.339 e. The molecule has 0 saturated carbocycles. The first-order chi connectivity index (χ1) is 13.5. The van der Waals surface area contributed by atoms with Crippen molar-refractivity contribution in [2.75, 3.05) is 10.6 Å². The van der Waals surface area contributed by atoms with Gasteiger partial charge in [0.1, 0.15) is 0 Å². The molecule has 1 amide bonds. The van der Waals surface area contributed by atoms with Gasteiger partial charge in [-0.25, -0.2) is 0 Å². The van der Waals surface area contributed by atoms with Crippen molar-refractivity contribution < 1.29 is 9.59 Å². The minimum atomic E-state index is -0.297. The number of carbonyl (C=O) groups excluding carboxylic acids is 2. The Balaban J connectivity index is 1.70. The third-order valence-corrected chi connectivity index (χ3v) is 4.44. The maximum atomic E-state index is 12.5. The van der Waals surface area contributed by atoms with Crippen molar-refractivity contribution in [3.05, 3.63) is 77.0 Å². The number of hydrogen-bond donors (Lipinski definition) is 2. The van der Waals surface area contributed by atoms with Crippen molar-refractivity contribution >= 4 is 28.9 Å². The van der Waals surface area contributed by atoms with Gasteiger partial charge < -0.3 is 10.6 Å². The Morgan fingerprint density at radius 1 is 0.964 bits per heavy atom. The number of nitrogens with zero attached hydrogens (tertiary/aromatic N) is 2. The summed E-state index contributed by atoms with van der Waals surface area (Å²) < 4.78 is 0. The van der Waals surface area contributed by atoms with Crippen LogP contribution in [0.25, 0.3) is 0 Å². The van der Waals surface area contributed by atoms with Crippen LogP contribution in [0.15, 0.2) is 54.6 Å². The lowest BCUT2D eigenvalue weighted by Crippen LogP contribution is -2.16. The Morgan fingerprint density at radius 2 is 1.71 bits per heavy atom. The topological polar surface area (TPSA) is 84.0 Å². The van der Waals surface area contributed by atoms with Gasteiger partial charge in [0.2, 0.25) is 0 Å². The summed E-state index contributed by atoms with van der Waals surface area (Å²) in [5.74, 6) is 0.229. The summed E-state index contributed by atoms with van der Waals surface area (Å²) in [4.78, 5) is 23.9. The standard InChI is InChI=1S/C22H22N4O2/c1-4-16-7-5-6-14(2)21(16)24-22(28)19-12-13-20(26-25-19)23-18-10-8-17(9-11-18)15(3)27/h5-13H,4H2,1-3H3,(H,23,26)(H,24,28). The molecule has 0 unspecified atom stereocenters. The lowest BCUT2D eigenvalue weighted by molar-refractivity contribution is 0.101. The van der Waals surface area contributed by atoms with Crippen LogP contribution in [-0.4, -0.2) is 21.9 Å². The molecule has 2 aromatic carbocycles. The number of nitrogens with one attached hydrogen (secondary N) is 2. The van der Waals surface area contributed by atoms with Crippen LogP contribution in [-0.2, 0) is 6.42 Å². The van der Waals surface area contributed by atoms with E-state index in [0.29, 0.717) is 11.4 Å². The molecular weight excluding hydrogens is 352 g/mol. The quantitative estimate of drug-likeness (QED) is 0.619. The summed E-state index contributed by atoms with van der Waals surface area (Å²) >= 11 is 0. The second-order valence-electron chi connectivity index (χ2n) is 6.48. The molecule has 1 heterocycles. The van der Waals surface area contributed by atoms with Crippen molar-refractivity contribution in [1.29, 1.82) is 0 Å². The number of anilines is 3. The number of ketones is 1. The second-order valence-corrected chi connectivity index (χ2v) is 6.48. The molecule has 3 rings (SSSR count). The summed E-state index contributed by atoms with van der Waals surface area (Å²) in [5.41, 5.74) is 4.57. The highest BCUT2D eigenvalue weighted by atomic mass is 16.2. The van der Waals surface area contributed by atoms with E-state index in [4.69, 9.17) is 0 Å². The molecule has 0 atom stereocenters. The van der Waals surface area contributed by atoms with E-state index >= 15 is 0 Å². The number of benzene rings is 2. The molecule has 3 aromatic rings. The molecule has 1 aromatic heterocycles. The molecule has 0 aliphatic rings. The van der Waals surface area contributed by atoms with Crippen LogP contribution in [0.2, 0.25) is 0 Å². The predicted octanol–water partition coefficient (Wildman–Crippen LogP) is 4.55. The lowest BCUT2D eigenvalue weighted by atomic mass is 10.1. The number of carbonyl (C=O) groups is 2. The average Bonchev–Trinajstić information content (AvgIpc) is 2.70. The fourth-order valence-electron chi connectivity index (χ4n) is 2.84. The number of amides is 1. The van der Waals surface area contributed by atoms with E-state index in [-0.39, 0.29) is 17.4 Å². The predicted molar refractivity (Wildman–Crippen MR) is 110 cm³/mol. The van der Waals surface area contributed by atoms with Gasteiger partial charge in [-0.2, -0.15) is 0 Å². The smallest absolute Gasteiger partial charge is 0.276 e. The molecule has 0 saturated heterocycles. The highest BCUT2D eigenvalue weighted by Gasteiger charge is 2.12. The number of rotatable bonds is 6. The average molecular weight is 374 g/mol. The van der Waals surface area contributed by atoms with Gasteiger partial charge >= 0.3 is 0 Å². The molecule has 0 bridgehead atoms. The third-order valence-electron chi connectivity index (χ3n) is 4.44. The first-order valence-corrected chi connectivity index (χ1v) is 9.09. The van der Waals surface area contributed by atoms with E-state index in [1.165, 1.54) is 6.92 Å². The van der Waals surface area contributed by atoms with Gasteiger partial charge in [0.25, 0.3) is 5.91 Å². The SMILES string of the molecule is CCc1cccc(C)c1NC(=O)c1ccc(Nc2ccc(C(C)=O)cc2)nn1. The number of para-hydroxylation sites is 1. The molecule has 28 heavy (non-hydrogen) atoms. The zero-order chi connectivity index (χ0) is 20.1. The van der Waals surface area contributed by atoms with Crippen molar-refractivity contribution in [2.24, 2.45) is 0 Å². The first-order valence-electron chi connectivity index (χ1n) is 9.09. The molecule has 0 aliphatic carbocycles. The van der Waals surface area contributed by atoms with E-state index in [1.807, 2.05) is 32.0 Å². The van der Waals surface area contributed by atoms with Crippen molar-refractivity contribution in [3.8, 4) is 0 Å². The van der Waals surface area contributed by atoms with Crippen LogP contribution in [0.4, 0.5) is 17.2 Å². The van der Waals surface area contributed by atoms with Crippen LogP contribution in [0, 0.1) is 6.92 Å². The summed E-state index contributed by atoms with van der Waals surface area (Å²) in [6.45, 7) is 5.54. The van der Waals surface area contributed by atoms with Crippen molar-refractivity contribution in [2.45, 2.75) is 27.2 Å². The van der Waals surface area contributed by atoms with Crippen LogP contribution >= 0.6 is 0 Å². The highest BCUT2D eigenvalue weighted by Crippen LogP contribution is 2.22. The molecule has 0 fully saturated rings. The van der Waals surface area contributed by atoms with Crippen LogP contribution in [0.1, 0.15) is 45.8 Å². The summed E-state index contributed by atoms with van der Waals surface area (Å²) in [7, 11) is 0. The zero-order valence-electron chi connectivity index (χ0n) is 16.1. The first kappa shape index (κ1) is 19.2. The molecular formula is C22H22N4O2. The Morgan fingerprint density at radius 3 is 2.32 bits per heavy atom. The Hall–Kier alpha value is -3.54. The minimum Gasteiger partial charge on any atom is -0.339 e. The monoisotopic (exact) mass is 374 g/mol. The molecule has 6 heteroatoms. The van der Waals surface area contributed by atoms with E-state index in [9.17, 15) is 9.59 Å². The lowest BCUT2D eigenvalue weighted by Gasteiger charge is -2.12. The fraction of sp³-hybridized carbons (Fsp3) is 0.182. The van der Waals surface area contributed by atoms with E-state index in [0.717, 1.165) is 28.9 Å². The number of hydrogen-bond acceptors (Lipinski definition) is 5. The molecule has 6 nitrogen and oxygen atoms in total. The summed E-state index contributed by atoms with van der Waals surface area (Å²) in [6.07, 6.45) is 0.828. The zero-order valence-corrected chi connectivity index (χ0v) is 16.1. The van der Waals surface area contributed by atoms with Crippen molar-refractivity contribution in [1.82, 2.24) is 10.2 Å². The van der Waals surface area contributed by atoms with Gasteiger partial charge in [0.05, 0.1) is 0 Å². The molecule has 142 valence electrons. The molecule has 2 N–H and O–H groups in total. The van der Waals surface area contributed by atoms with E-state index < -0.39 is 0 Å². The van der Waals surface area contributed by atoms with Gasteiger partial charge in [0, 0.05) is 16.9 Å². The summed E-state index contributed by atoms with van der Waals surface area (Å²) in [5, 5.41) is 14.1. The number of Topliss-reactive ketones (excluding diaryl/α,β-unsaturated/α-hetero) is 1. The molecule has 0 spiro atoms. The van der Waals surface area contributed by atoms with E-state index in [2.05, 4.69) is 20.8 Å². The van der Waals surface area contributed by atoms with E-state index in [1.54, 1.807) is 36.4 Å². The fourth-order valence-corrected chi connectivity index (χ4v) is 2.84. The van der Waals surface area contributed by atoms with Gasteiger partial charge in [-0.15, -0.1) is 10.2 Å². The normalized spacial score (nSPS) is 10.4. The van der Waals surface area contributed by atoms with Gasteiger partial charge in [-0.05, 0) is 67.8 Å². The van der Waals surface area contributed by atoms with Crippen LogP contribution in [0.3, 0.4) is 0 Å². The maximum absolute atomic E-state index is 12.5. The second kappa shape index (κ2) is 8.43. The van der Waals surface area contributed by atoms with Gasteiger partial charge in [0.15, 0.2) is 17.3 Å². The summed E-state index contributed by atoms with van der Waals surface area (Å²) in [6, 6.07) is 16.3. The Labute approximate surface area is 164 Å². The maximum Gasteiger partial charge on any atom is 0.276 e. The molecule has 0 aliphatic heterocycles. The Bertz CT molecular complexity index is 996. The van der Waals surface area contributed by atoms with Gasteiger partial charge in [-0.3, -0.25) is 9.59 Å². The molecule has 0 radical (unpaired) electrons. The van der Waals surface area contributed by atoms with Crippen LogP contribution in [0.5, 0.6) is 0 Å². The van der Waals surface area contributed by atoms with Crippen LogP contribution < -0.4 is 10.6 Å². The Kier molecular flexibility index (Phi) is 5.79. The third kappa shape index (κ3) is 4.40. The van der Waals surface area contributed by atoms with Crippen molar-refractivity contribution in [3.63, 3.8) is 0 Å². The number of aromatic nitrogens is 2.